The Morgan fingerprint density at radius 1 is 1.08 bits per heavy atom. The predicted molar refractivity (Wildman–Crippen MR) is 93.5 cm³/mol. The van der Waals surface area contributed by atoms with Crippen molar-refractivity contribution in [3.8, 4) is 0 Å². The van der Waals surface area contributed by atoms with Gasteiger partial charge in [0.1, 0.15) is 11.3 Å². The van der Waals surface area contributed by atoms with Gasteiger partial charge in [0.15, 0.2) is 0 Å². The molecule has 5 heteroatoms. The van der Waals surface area contributed by atoms with E-state index in [4.69, 9.17) is 22.4 Å². The molecule has 0 spiro atoms. The number of hydrogen-bond donors (Lipinski definition) is 3. The molecule has 0 bridgehead atoms. The summed E-state index contributed by atoms with van der Waals surface area (Å²) in [5, 5.41) is 28.5. The van der Waals surface area contributed by atoms with Crippen LogP contribution in [0.2, 0.25) is 5.02 Å². The zero-order chi connectivity index (χ0) is 16.9. The SMILES string of the molecule is N=C(n1cccc(C2(O)CCC2)c1=N)C1(c2ccc(Cl)cc2)CC1. The Morgan fingerprint density at radius 3 is 2.29 bits per heavy atom. The van der Waals surface area contributed by atoms with Crippen LogP contribution in [0, 0.1) is 10.8 Å². The molecule has 4 rings (SSSR count). The molecule has 0 radical (unpaired) electrons. The zero-order valence-corrected chi connectivity index (χ0v) is 14.1. The van der Waals surface area contributed by atoms with Crippen molar-refractivity contribution in [1.29, 1.82) is 10.8 Å². The first kappa shape index (κ1) is 15.6. The maximum atomic E-state index is 10.6. The number of nitrogens with one attached hydrogen (secondary N) is 2. The van der Waals surface area contributed by atoms with Crippen LogP contribution in [0.15, 0.2) is 42.6 Å². The quantitative estimate of drug-likeness (QED) is 0.579. The number of pyridine rings is 1. The van der Waals surface area contributed by atoms with Crippen LogP contribution >= 0.6 is 11.6 Å². The highest BCUT2D eigenvalue weighted by Gasteiger charge is 2.49. The van der Waals surface area contributed by atoms with E-state index in [0.717, 1.165) is 24.8 Å². The Balaban J connectivity index is 1.74. The summed E-state index contributed by atoms with van der Waals surface area (Å²) in [6, 6.07) is 11.3. The van der Waals surface area contributed by atoms with Crippen molar-refractivity contribution in [2.24, 2.45) is 0 Å². The lowest BCUT2D eigenvalue weighted by molar-refractivity contribution is -0.0405. The van der Waals surface area contributed by atoms with Gasteiger partial charge in [-0.1, -0.05) is 29.8 Å². The van der Waals surface area contributed by atoms with E-state index in [9.17, 15) is 5.11 Å². The van der Waals surface area contributed by atoms with Crippen molar-refractivity contribution in [2.45, 2.75) is 43.1 Å². The molecular weight excluding hydrogens is 322 g/mol. The molecule has 2 fully saturated rings. The first-order valence-corrected chi connectivity index (χ1v) is 8.69. The second-order valence-electron chi connectivity index (χ2n) is 6.96. The summed E-state index contributed by atoms with van der Waals surface area (Å²) in [7, 11) is 0. The van der Waals surface area contributed by atoms with Crippen molar-refractivity contribution in [1.82, 2.24) is 4.57 Å². The van der Waals surface area contributed by atoms with Gasteiger partial charge in [-0.25, -0.2) is 0 Å². The monoisotopic (exact) mass is 341 g/mol. The molecular formula is C19H20ClN3O. The summed E-state index contributed by atoms with van der Waals surface area (Å²) >= 11 is 5.98. The highest BCUT2D eigenvalue weighted by Crippen LogP contribution is 2.49. The average Bonchev–Trinajstić information content (AvgIpc) is 3.35. The highest BCUT2D eigenvalue weighted by molar-refractivity contribution is 6.30. The van der Waals surface area contributed by atoms with E-state index < -0.39 is 5.60 Å². The zero-order valence-electron chi connectivity index (χ0n) is 13.3. The molecule has 124 valence electrons. The summed E-state index contributed by atoms with van der Waals surface area (Å²) in [5.74, 6) is 0.402. The van der Waals surface area contributed by atoms with Gasteiger partial charge in [-0.3, -0.25) is 15.4 Å². The molecule has 0 unspecified atom stereocenters. The fourth-order valence-electron chi connectivity index (χ4n) is 3.64. The molecule has 24 heavy (non-hydrogen) atoms. The Hall–Kier alpha value is -1.91. The molecule has 2 aliphatic rings. The number of aliphatic hydroxyl groups is 1. The molecule has 1 aromatic carbocycles. The van der Waals surface area contributed by atoms with Gasteiger partial charge in [0.25, 0.3) is 0 Å². The molecule has 1 aromatic heterocycles. The lowest BCUT2D eigenvalue weighted by Crippen LogP contribution is -2.43. The molecule has 2 aromatic rings. The third kappa shape index (κ3) is 2.25. The summed E-state index contributed by atoms with van der Waals surface area (Å²) in [5.41, 5.74) is 0.693. The second kappa shape index (κ2) is 5.30. The molecule has 3 N–H and O–H groups in total. The first-order chi connectivity index (χ1) is 11.5. The van der Waals surface area contributed by atoms with Crippen LogP contribution in [-0.4, -0.2) is 15.5 Å². The summed E-state index contributed by atoms with van der Waals surface area (Å²) in [6.45, 7) is 0. The van der Waals surface area contributed by atoms with Crippen LogP contribution in [0.4, 0.5) is 0 Å². The van der Waals surface area contributed by atoms with E-state index in [1.54, 1.807) is 10.8 Å². The van der Waals surface area contributed by atoms with Crippen LogP contribution in [-0.2, 0) is 11.0 Å². The number of rotatable bonds is 3. The van der Waals surface area contributed by atoms with Crippen LogP contribution in [0.1, 0.15) is 43.2 Å². The van der Waals surface area contributed by atoms with Gasteiger partial charge in [-0.05, 0) is 55.9 Å². The third-order valence-corrected chi connectivity index (χ3v) is 5.77. The van der Waals surface area contributed by atoms with Crippen molar-refractivity contribution in [3.63, 3.8) is 0 Å². The molecule has 1 heterocycles. The van der Waals surface area contributed by atoms with Gasteiger partial charge in [-0.2, -0.15) is 0 Å². The van der Waals surface area contributed by atoms with Gasteiger partial charge in [0.05, 0.1) is 11.0 Å². The Labute approximate surface area is 145 Å². The number of hydrogen-bond acceptors (Lipinski definition) is 3. The third-order valence-electron chi connectivity index (χ3n) is 5.52. The van der Waals surface area contributed by atoms with Crippen LogP contribution in [0.5, 0.6) is 0 Å². The Morgan fingerprint density at radius 2 is 1.75 bits per heavy atom. The number of aromatic nitrogens is 1. The van der Waals surface area contributed by atoms with Crippen LogP contribution in [0.3, 0.4) is 0 Å². The Bertz CT molecular complexity index is 861. The van der Waals surface area contributed by atoms with Crippen LogP contribution in [0.25, 0.3) is 0 Å². The molecule has 0 amide bonds. The van der Waals surface area contributed by atoms with E-state index in [-0.39, 0.29) is 10.9 Å². The molecule has 0 saturated heterocycles. The van der Waals surface area contributed by atoms with Gasteiger partial charge in [0.2, 0.25) is 0 Å². The van der Waals surface area contributed by atoms with Gasteiger partial charge in [-0.15, -0.1) is 0 Å². The normalized spacial score (nSPS) is 20.2. The van der Waals surface area contributed by atoms with Crippen molar-refractivity contribution in [3.05, 3.63) is 64.2 Å². The van der Waals surface area contributed by atoms with Gasteiger partial charge in [0, 0.05) is 16.8 Å². The maximum absolute atomic E-state index is 10.6. The number of nitrogens with zero attached hydrogens (tertiary/aromatic N) is 1. The standard InChI is InChI=1S/C19H20ClN3O/c20-14-6-4-13(5-7-14)18(10-11-18)17(22)23-12-1-3-15(16(23)21)19(24)8-2-9-19/h1,3-7,12,21-22,24H,2,8-11H2. The molecule has 0 atom stereocenters. The average molecular weight is 342 g/mol. The van der Waals surface area contributed by atoms with Crippen molar-refractivity contribution in [2.75, 3.05) is 0 Å². The maximum Gasteiger partial charge on any atom is 0.136 e. The van der Waals surface area contributed by atoms with E-state index in [0.29, 0.717) is 29.3 Å². The van der Waals surface area contributed by atoms with E-state index in [2.05, 4.69) is 0 Å². The van der Waals surface area contributed by atoms with Gasteiger partial charge < -0.3 is 5.11 Å². The van der Waals surface area contributed by atoms with E-state index in [1.165, 1.54) is 0 Å². The minimum absolute atomic E-state index is 0.227. The fourth-order valence-corrected chi connectivity index (χ4v) is 3.76. The minimum atomic E-state index is -0.892. The fraction of sp³-hybridized carbons (Fsp3) is 0.368. The summed E-state index contributed by atoms with van der Waals surface area (Å²) < 4.78 is 1.62. The van der Waals surface area contributed by atoms with Gasteiger partial charge >= 0.3 is 0 Å². The molecule has 2 aliphatic carbocycles. The summed E-state index contributed by atoms with van der Waals surface area (Å²) in [4.78, 5) is 0. The largest absolute Gasteiger partial charge is 0.385 e. The predicted octanol–water partition coefficient (Wildman–Crippen LogP) is 3.55. The lowest BCUT2D eigenvalue weighted by Gasteiger charge is -2.37. The van der Waals surface area contributed by atoms with Crippen molar-refractivity contribution >= 4 is 17.4 Å². The smallest absolute Gasteiger partial charge is 0.136 e. The molecule has 2 saturated carbocycles. The molecule has 4 nitrogen and oxygen atoms in total. The number of benzene rings is 1. The Kier molecular flexibility index (Phi) is 3.44. The second-order valence-corrected chi connectivity index (χ2v) is 7.40. The van der Waals surface area contributed by atoms with Crippen molar-refractivity contribution < 1.29 is 5.11 Å². The van der Waals surface area contributed by atoms with Crippen LogP contribution < -0.4 is 5.49 Å². The van der Waals surface area contributed by atoms with E-state index >= 15 is 0 Å². The topological polar surface area (TPSA) is 72.9 Å². The highest BCUT2D eigenvalue weighted by atomic mass is 35.5. The minimum Gasteiger partial charge on any atom is -0.385 e. The first-order valence-electron chi connectivity index (χ1n) is 8.31. The lowest BCUT2D eigenvalue weighted by atomic mass is 9.75. The van der Waals surface area contributed by atoms with E-state index in [1.807, 2.05) is 36.4 Å². The number of halogens is 1. The molecule has 0 aliphatic heterocycles. The summed E-state index contributed by atoms with van der Waals surface area (Å²) in [6.07, 6.45) is 5.92.